The third-order valence-corrected chi connectivity index (χ3v) is 4.19. The van der Waals surface area contributed by atoms with Crippen molar-refractivity contribution in [1.82, 2.24) is 0 Å². The van der Waals surface area contributed by atoms with Gasteiger partial charge in [-0.2, -0.15) is 0 Å². The molecule has 1 amide bonds. The van der Waals surface area contributed by atoms with Gasteiger partial charge in [0, 0.05) is 15.5 Å². The van der Waals surface area contributed by atoms with Gasteiger partial charge in [-0.15, -0.1) is 0 Å². The zero-order valence-corrected chi connectivity index (χ0v) is 12.0. The summed E-state index contributed by atoms with van der Waals surface area (Å²) in [5.41, 5.74) is 11.9. The van der Waals surface area contributed by atoms with Crippen LogP contribution in [-0.4, -0.2) is 5.91 Å². The van der Waals surface area contributed by atoms with Crippen LogP contribution in [0.5, 0.6) is 0 Å². The van der Waals surface area contributed by atoms with Crippen molar-refractivity contribution >= 4 is 46.6 Å². The summed E-state index contributed by atoms with van der Waals surface area (Å²) in [4.78, 5) is 13.0. The third-order valence-electron chi connectivity index (χ3n) is 2.39. The van der Waals surface area contributed by atoms with Crippen molar-refractivity contribution in [2.24, 2.45) is 5.73 Å². The predicted octanol–water partition coefficient (Wildman–Crippen LogP) is 3.83. The Kier molecular flexibility index (Phi) is 4.24. The van der Waals surface area contributed by atoms with E-state index in [4.69, 9.17) is 34.7 Å². The lowest BCUT2D eigenvalue weighted by atomic mass is 10.2. The number of anilines is 1. The summed E-state index contributed by atoms with van der Waals surface area (Å²) in [6.07, 6.45) is 0. The summed E-state index contributed by atoms with van der Waals surface area (Å²) in [5, 5.41) is 0.946. The maximum atomic E-state index is 11.4. The largest absolute Gasteiger partial charge is 0.399 e. The molecule has 3 nitrogen and oxygen atoms in total. The minimum Gasteiger partial charge on any atom is -0.399 e. The number of benzene rings is 2. The number of carbonyl (C=O) groups excluding carboxylic acids is 1. The standard InChI is InChI=1S/C13H10Cl2N2OS/c14-10-3-2-8(6-11(10)15)19-12-4-1-7(16)5-9(12)13(17)18/h1-6H,16H2,(H2,17,18). The van der Waals surface area contributed by atoms with Gasteiger partial charge in [-0.25, -0.2) is 0 Å². The van der Waals surface area contributed by atoms with Gasteiger partial charge in [0.15, 0.2) is 0 Å². The van der Waals surface area contributed by atoms with Crippen molar-refractivity contribution in [1.29, 1.82) is 0 Å². The van der Waals surface area contributed by atoms with E-state index >= 15 is 0 Å². The lowest BCUT2D eigenvalue weighted by Gasteiger charge is -2.08. The second kappa shape index (κ2) is 5.74. The van der Waals surface area contributed by atoms with Crippen LogP contribution in [0.4, 0.5) is 5.69 Å². The summed E-state index contributed by atoms with van der Waals surface area (Å²) in [6.45, 7) is 0. The Morgan fingerprint density at radius 2 is 1.79 bits per heavy atom. The minimum atomic E-state index is -0.519. The van der Waals surface area contributed by atoms with Gasteiger partial charge >= 0.3 is 0 Å². The van der Waals surface area contributed by atoms with Crippen LogP contribution in [0.25, 0.3) is 0 Å². The topological polar surface area (TPSA) is 69.1 Å². The molecule has 0 bridgehead atoms. The van der Waals surface area contributed by atoms with E-state index in [0.29, 0.717) is 21.3 Å². The van der Waals surface area contributed by atoms with Gasteiger partial charge in [-0.05, 0) is 36.4 Å². The zero-order chi connectivity index (χ0) is 14.0. The third kappa shape index (κ3) is 3.35. The molecule has 6 heteroatoms. The highest BCUT2D eigenvalue weighted by Crippen LogP contribution is 2.34. The van der Waals surface area contributed by atoms with Gasteiger partial charge in [0.05, 0.1) is 15.6 Å². The first-order chi connectivity index (χ1) is 8.97. The Hall–Kier alpha value is -1.36. The Morgan fingerprint density at radius 3 is 2.42 bits per heavy atom. The first kappa shape index (κ1) is 14.1. The lowest BCUT2D eigenvalue weighted by molar-refractivity contribution is 0.0997. The SMILES string of the molecule is NC(=O)c1cc(N)ccc1Sc1ccc(Cl)c(Cl)c1. The van der Waals surface area contributed by atoms with E-state index in [1.165, 1.54) is 11.8 Å². The van der Waals surface area contributed by atoms with E-state index in [-0.39, 0.29) is 0 Å². The van der Waals surface area contributed by atoms with Crippen molar-refractivity contribution < 1.29 is 4.79 Å². The van der Waals surface area contributed by atoms with E-state index in [1.807, 2.05) is 6.07 Å². The molecular weight excluding hydrogens is 303 g/mol. The summed E-state index contributed by atoms with van der Waals surface area (Å²) >= 11 is 13.2. The smallest absolute Gasteiger partial charge is 0.249 e. The maximum Gasteiger partial charge on any atom is 0.249 e. The second-order valence-corrected chi connectivity index (χ2v) is 5.73. The van der Waals surface area contributed by atoms with Crippen LogP contribution >= 0.6 is 35.0 Å². The van der Waals surface area contributed by atoms with E-state index in [0.717, 1.165) is 9.79 Å². The number of halogens is 2. The molecule has 0 saturated heterocycles. The molecule has 2 aromatic carbocycles. The quantitative estimate of drug-likeness (QED) is 0.846. The normalized spacial score (nSPS) is 10.4. The second-order valence-electron chi connectivity index (χ2n) is 3.80. The highest BCUT2D eigenvalue weighted by atomic mass is 35.5. The van der Waals surface area contributed by atoms with Crippen molar-refractivity contribution in [2.75, 3.05) is 5.73 Å². The van der Waals surface area contributed by atoms with Gasteiger partial charge < -0.3 is 11.5 Å². The number of hydrogen-bond donors (Lipinski definition) is 2. The fourth-order valence-corrected chi connectivity index (χ4v) is 2.83. The molecule has 0 spiro atoms. The summed E-state index contributed by atoms with van der Waals surface area (Å²) in [5.74, 6) is -0.519. The molecule has 0 unspecified atom stereocenters. The number of carbonyl (C=O) groups is 1. The monoisotopic (exact) mass is 312 g/mol. The Morgan fingerprint density at radius 1 is 1.05 bits per heavy atom. The van der Waals surface area contributed by atoms with Crippen LogP contribution in [0.3, 0.4) is 0 Å². The van der Waals surface area contributed by atoms with Gasteiger partial charge in [-0.3, -0.25) is 4.79 Å². The number of amides is 1. The molecule has 2 rings (SSSR count). The first-order valence-electron chi connectivity index (χ1n) is 5.29. The molecule has 2 aromatic rings. The number of nitrogen functional groups attached to an aromatic ring is 1. The maximum absolute atomic E-state index is 11.4. The fraction of sp³-hybridized carbons (Fsp3) is 0. The Bertz CT molecular complexity index is 647. The van der Waals surface area contributed by atoms with Crippen molar-refractivity contribution in [3.05, 3.63) is 52.0 Å². The molecule has 0 aliphatic carbocycles. The summed E-state index contributed by atoms with van der Waals surface area (Å²) in [6, 6.07) is 10.3. The zero-order valence-electron chi connectivity index (χ0n) is 9.69. The Balaban J connectivity index is 2.37. The van der Waals surface area contributed by atoms with Crippen molar-refractivity contribution in [3.8, 4) is 0 Å². The predicted molar refractivity (Wildman–Crippen MR) is 80.0 cm³/mol. The van der Waals surface area contributed by atoms with Crippen LogP contribution in [-0.2, 0) is 0 Å². The lowest BCUT2D eigenvalue weighted by Crippen LogP contribution is -2.12. The highest BCUT2D eigenvalue weighted by Gasteiger charge is 2.10. The van der Waals surface area contributed by atoms with Crippen LogP contribution < -0.4 is 11.5 Å². The van der Waals surface area contributed by atoms with E-state index in [9.17, 15) is 4.79 Å². The molecule has 0 aliphatic rings. The molecule has 98 valence electrons. The minimum absolute atomic E-state index is 0.385. The summed E-state index contributed by atoms with van der Waals surface area (Å²) in [7, 11) is 0. The molecular formula is C13H10Cl2N2OS. The molecule has 0 radical (unpaired) electrons. The van der Waals surface area contributed by atoms with Crippen LogP contribution in [0.15, 0.2) is 46.2 Å². The molecule has 0 saturated carbocycles. The van der Waals surface area contributed by atoms with E-state index < -0.39 is 5.91 Å². The van der Waals surface area contributed by atoms with Crippen LogP contribution in [0, 0.1) is 0 Å². The number of primary amides is 1. The molecule has 0 heterocycles. The van der Waals surface area contributed by atoms with Gasteiger partial charge in [0.1, 0.15) is 0 Å². The fourth-order valence-electron chi connectivity index (χ4n) is 1.50. The number of hydrogen-bond acceptors (Lipinski definition) is 3. The van der Waals surface area contributed by atoms with Gasteiger partial charge in [-0.1, -0.05) is 35.0 Å². The number of rotatable bonds is 3. The molecule has 0 atom stereocenters. The average molecular weight is 313 g/mol. The number of nitrogens with two attached hydrogens (primary N) is 2. The van der Waals surface area contributed by atoms with Gasteiger partial charge in [0.2, 0.25) is 5.91 Å². The molecule has 0 aliphatic heterocycles. The van der Waals surface area contributed by atoms with E-state index in [2.05, 4.69) is 0 Å². The first-order valence-corrected chi connectivity index (χ1v) is 6.87. The van der Waals surface area contributed by atoms with Crippen LogP contribution in [0.1, 0.15) is 10.4 Å². The molecule has 0 fully saturated rings. The molecule has 0 aromatic heterocycles. The summed E-state index contributed by atoms with van der Waals surface area (Å²) < 4.78 is 0. The van der Waals surface area contributed by atoms with Crippen molar-refractivity contribution in [2.45, 2.75) is 9.79 Å². The molecule has 19 heavy (non-hydrogen) atoms. The van der Waals surface area contributed by atoms with Crippen LogP contribution in [0.2, 0.25) is 10.0 Å². The van der Waals surface area contributed by atoms with Crippen molar-refractivity contribution in [3.63, 3.8) is 0 Å². The highest BCUT2D eigenvalue weighted by molar-refractivity contribution is 7.99. The van der Waals surface area contributed by atoms with E-state index in [1.54, 1.807) is 30.3 Å². The van der Waals surface area contributed by atoms with Gasteiger partial charge in [0.25, 0.3) is 0 Å². The molecule has 4 N–H and O–H groups in total. The average Bonchev–Trinajstić information content (AvgIpc) is 2.36. The Labute approximate surface area is 124 Å².